The Kier molecular flexibility index (Phi) is 5.88. The van der Waals surface area contributed by atoms with E-state index in [2.05, 4.69) is 12.2 Å². The Morgan fingerprint density at radius 1 is 1.45 bits per heavy atom. The molecular formula is C8H17ClFN. The zero-order valence-electron chi connectivity index (χ0n) is 6.98. The van der Waals surface area contributed by atoms with E-state index in [1.54, 1.807) is 0 Å². The molecule has 2 unspecified atom stereocenters. The molecule has 11 heavy (non-hydrogen) atoms. The van der Waals surface area contributed by atoms with Crippen molar-refractivity contribution < 1.29 is 4.39 Å². The molecule has 0 aromatic carbocycles. The second-order valence-electron chi connectivity index (χ2n) is 3.07. The zero-order valence-corrected chi connectivity index (χ0v) is 7.79. The maximum atomic E-state index is 12.5. The summed E-state index contributed by atoms with van der Waals surface area (Å²) in [4.78, 5) is 0. The maximum absolute atomic E-state index is 12.5. The summed E-state index contributed by atoms with van der Waals surface area (Å²) < 4.78 is 12.5. The van der Waals surface area contributed by atoms with Crippen LogP contribution in [0.1, 0.15) is 32.6 Å². The second-order valence-corrected chi connectivity index (χ2v) is 3.07. The van der Waals surface area contributed by atoms with Crippen molar-refractivity contribution in [3.05, 3.63) is 0 Å². The van der Waals surface area contributed by atoms with Crippen LogP contribution in [0.5, 0.6) is 0 Å². The largest absolute Gasteiger partial charge is 0.311 e. The highest BCUT2D eigenvalue weighted by molar-refractivity contribution is 5.85. The third kappa shape index (κ3) is 3.92. The third-order valence-corrected chi connectivity index (χ3v) is 2.09. The van der Waals surface area contributed by atoms with Crippen LogP contribution in [-0.2, 0) is 0 Å². The molecule has 2 atom stereocenters. The van der Waals surface area contributed by atoms with E-state index in [4.69, 9.17) is 0 Å². The summed E-state index contributed by atoms with van der Waals surface area (Å²) in [5.41, 5.74) is 0. The molecule has 1 saturated heterocycles. The molecule has 68 valence electrons. The molecule has 1 aliphatic heterocycles. The molecule has 0 saturated carbocycles. The summed E-state index contributed by atoms with van der Waals surface area (Å²) in [6, 6.07) is 0.594. The quantitative estimate of drug-likeness (QED) is 0.690. The lowest BCUT2D eigenvalue weighted by Crippen LogP contribution is -2.39. The van der Waals surface area contributed by atoms with Gasteiger partial charge in [0.05, 0.1) is 0 Å². The average Bonchev–Trinajstić information content (AvgIpc) is 1.95. The summed E-state index contributed by atoms with van der Waals surface area (Å²) in [5, 5.41) is 3.19. The molecule has 0 aliphatic carbocycles. The van der Waals surface area contributed by atoms with Crippen LogP contribution in [0.3, 0.4) is 0 Å². The van der Waals surface area contributed by atoms with E-state index < -0.39 is 6.17 Å². The first kappa shape index (κ1) is 11.2. The fraction of sp³-hybridized carbons (Fsp3) is 1.00. The molecular weight excluding hydrogens is 165 g/mol. The Bertz CT molecular complexity index is 92.1. The van der Waals surface area contributed by atoms with E-state index >= 15 is 0 Å². The van der Waals surface area contributed by atoms with Gasteiger partial charge in [0.15, 0.2) is 0 Å². The van der Waals surface area contributed by atoms with Crippen LogP contribution in [-0.4, -0.2) is 18.8 Å². The summed E-state index contributed by atoms with van der Waals surface area (Å²) in [5.74, 6) is 0. The molecule has 1 fully saturated rings. The Morgan fingerprint density at radius 2 is 2.18 bits per heavy atom. The van der Waals surface area contributed by atoms with Crippen molar-refractivity contribution >= 4 is 12.4 Å². The fourth-order valence-corrected chi connectivity index (χ4v) is 1.48. The minimum absolute atomic E-state index is 0. The smallest absolute Gasteiger partial charge is 0.113 e. The van der Waals surface area contributed by atoms with Gasteiger partial charge in [0.25, 0.3) is 0 Å². The van der Waals surface area contributed by atoms with Crippen LogP contribution >= 0.6 is 12.4 Å². The molecule has 3 heteroatoms. The number of hydrogen-bond acceptors (Lipinski definition) is 1. The molecule has 0 radical (unpaired) electrons. The molecule has 1 rings (SSSR count). The highest BCUT2D eigenvalue weighted by Gasteiger charge is 2.18. The van der Waals surface area contributed by atoms with Crippen LogP contribution in [0, 0.1) is 0 Å². The molecule has 0 aromatic rings. The van der Waals surface area contributed by atoms with Gasteiger partial charge in [-0.1, -0.05) is 13.3 Å². The Hall–Kier alpha value is 0.180. The molecule has 1 heterocycles. The van der Waals surface area contributed by atoms with Crippen molar-refractivity contribution in [2.45, 2.75) is 44.8 Å². The second kappa shape index (κ2) is 5.78. The van der Waals surface area contributed by atoms with Crippen molar-refractivity contribution in [1.29, 1.82) is 0 Å². The Labute approximate surface area is 74.2 Å². The standard InChI is InChI=1S/C8H16FN.ClH/c1-2-3-8-5-4-7(9)6-10-8;/h7-8,10H,2-6H2,1H3;1H. The normalized spacial score (nSPS) is 31.1. The van der Waals surface area contributed by atoms with Gasteiger partial charge in [-0.3, -0.25) is 0 Å². The van der Waals surface area contributed by atoms with Gasteiger partial charge in [-0.25, -0.2) is 4.39 Å². The van der Waals surface area contributed by atoms with Crippen molar-refractivity contribution in [2.75, 3.05) is 6.54 Å². The first-order valence-electron chi connectivity index (χ1n) is 4.20. The van der Waals surface area contributed by atoms with Crippen LogP contribution in [0.15, 0.2) is 0 Å². The molecule has 0 aromatic heterocycles. The van der Waals surface area contributed by atoms with Crippen molar-refractivity contribution in [2.24, 2.45) is 0 Å². The van der Waals surface area contributed by atoms with Gasteiger partial charge in [0, 0.05) is 12.6 Å². The summed E-state index contributed by atoms with van der Waals surface area (Å²) in [7, 11) is 0. The zero-order chi connectivity index (χ0) is 7.40. The first-order chi connectivity index (χ1) is 4.83. The fourth-order valence-electron chi connectivity index (χ4n) is 1.48. The molecule has 1 nitrogen and oxygen atoms in total. The lowest BCUT2D eigenvalue weighted by Gasteiger charge is -2.25. The predicted molar refractivity (Wildman–Crippen MR) is 48.1 cm³/mol. The molecule has 0 amide bonds. The molecule has 1 aliphatic rings. The van der Waals surface area contributed by atoms with Crippen molar-refractivity contribution in [1.82, 2.24) is 5.32 Å². The third-order valence-electron chi connectivity index (χ3n) is 2.09. The Balaban J connectivity index is 0.000001000. The van der Waals surface area contributed by atoms with E-state index in [0.717, 1.165) is 12.8 Å². The van der Waals surface area contributed by atoms with Crippen LogP contribution in [0.2, 0.25) is 0 Å². The molecule has 0 bridgehead atoms. The van der Waals surface area contributed by atoms with Gasteiger partial charge >= 0.3 is 0 Å². The lowest BCUT2D eigenvalue weighted by atomic mass is 10.0. The molecule has 0 spiro atoms. The van der Waals surface area contributed by atoms with Crippen molar-refractivity contribution in [3.63, 3.8) is 0 Å². The highest BCUT2D eigenvalue weighted by atomic mass is 35.5. The number of piperidine rings is 1. The number of hydrogen-bond donors (Lipinski definition) is 1. The van der Waals surface area contributed by atoms with Gasteiger partial charge in [-0.05, 0) is 19.3 Å². The van der Waals surface area contributed by atoms with E-state index in [0.29, 0.717) is 12.6 Å². The number of nitrogens with one attached hydrogen (secondary N) is 1. The summed E-state index contributed by atoms with van der Waals surface area (Å²) in [6.45, 7) is 2.74. The highest BCUT2D eigenvalue weighted by Crippen LogP contribution is 2.13. The minimum atomic E-state index is -0.590. The first-order valence-corrected chi connectivity index (χ1v) is 4.20. The predicted octanol–water partition coefficient (Wildman–Crippen LogP) is 2.30. The summed E-state index contributed by atoms with van der Waals surface area (Å²) >= 11 is 0. The SMILES string of the molecule is CCCC1CCC(F)CN1.Cl. The van der Waals surface area contributed by atoms with Crippen LogP contribution < -0.4 is 5.32 Å². The van der Waals surface area contributed by atoms with Gasteiger partial charge in [0.1, 0.15) is 6.17 Å². The van der Waals surface area contributed by atoms with Crippen LogP contribution in [0.4, 0.5) is 4.39 Å². The molecule has 1 N–H and O–H groups in total. The van der Waals surface area contributed by atoms with E-state index in [9.17, 15) is 4.39 Å². The lowest BCUT2D eigenvalue weighted by molar-refractivity contribution is 0.227. The minimum Gasteiger partial charge on any atom is -0.311 e. The Morgan fingerprint density at radius 3 is 2.64 bits per heavy atom. The van der Waals surface area contributed by atoms with E-state index in [1.165, 1.54) is 12.8 Å². The summed E-state index contributed by atoms with van der Waals surface area (Å²) in [6.07, 6.45) is 3.60. The van der Waals surface area contributed by atoms with Gasteiger partial charge in [-0.2, -0.15) is 0 Å². The monoisotopic (exact) mass is 181 g/mol. The maximum Gasteiger partial charge on any atom is 0.113 e. The van der Waals surface area contributed by atoms with E-state index in [1.807, 2.05) is 0 Å². The van der Waals surface area contributed by atoms with E-state index in [-0.39, 0.29) is 12.4 Å². The van der Waals surface area contributed by atoms with Gasteiger partial charge < -0.3 is 5.32 Å². The number of alkyl halides is 1. The topological polar surface area (TPSA) is 12.0 Å². The van der Waals surface area contributed by atoms with Crippen LogP contribution in [0.25, 0.3) is 0 Å². The number of rotatable bonds is 2. The van der Waals surface area contributed by atoms with Gasteiger partial charge in [-0.15, -0.1) is 12.4 Å². The average molecular weight is 182 g/mol. The van der Waals surface area contributed by atoms with Crippen molar-refractivity contribution in [3.8, 4) is 0 Å². The van der Waals surface area contributed by atoms with Gasteiger partial charge in [0.2, 0.25) is 0 Å². The number of halogens is 2.